The maximum atomic E-state index is 13.5. The van der Waals surface area contributed by atoms with Gasteiger partial charge in [0.05, 0.1) is 5.69 Å². The monoisotopic (exact) mass is 334 g/mol. The fourth-order valence-corrected chi connectivity index (χ4v) is 2.08. The minimum absolute atomic E-state index is 0.155. The maximum absolute atomic E-state index is 13.5. The molecule has 2 amide bonds. The lowest BCUT2D eigenvalue weighted by Gasteiger charge is -2.08. The zero-order chi connectivity index (χ0) is 17.3. The molecule has 0 saturated heterocycles. The van der Waals surface area contributed by atoms with E-state index in [1.807, 2.05) is 0 Å². The quantitative estimate of drug-likeness (QED) is 0.843. The topological polar surface area (TPSA) is 58.2 Å². The standard InChI is InChI=1S/C17H13F3N2O2/c18-12-7-14(20)15(8-13(12)19)22-17(24)10-3-1-9(2-4-10)16(23)21-11-5-6-11/h1-4,7-8,11H,5-6H2,(H,21,23)(H,22,24). The molecule has 2 N–H and O–H groups in total. The van der Waals surface area contributed by atoms with Crippen LogP contribution in [-0.2, 0) is 0 Å². The molecule has 0 spiro atoms. The Morgan fingerprint density at radius 1 is 0.833 bits per heavy atom. The summed E-state index contributed by atoms with van der Waals surface area (Å²) >= 11 is 0. The predicted octanol–water partition coefficient (Wildman–Crippen LogP) is 3.25. The number of anilines is 1. The van der Waals surface area contributed by atoms with E-state index in [9.17, 15) is 22.8 Å². The van der Waals surface area contributed by atoms with Crippen LogP contribution < -0.4 is 10.6 Å². The molecule has 1 saturated carbocycles. The van der Waals surface area contributed by atoms with Crippen LogP contribution in [0, 0.1) is 17.5 Å². The van der Waals surface area contributed by atoms with Crippen molar-refractivity contribution >= 4 is 17.5 Å². The van der Waals surface area contributed by atoms with E-state index >= 15 is 0 Å². The van der Waals surface area contributed by atoms with Gasteiger partial charge in [-0.15, -0.1) is 0 Å². The Bertz CT molecular complexity index is 802. The molecule has 0 unspecified atom stereocenters. The lowest BCUT2D eigenvalue weighted by molar-refractivity contribution is 0.0949. The Hall–Kier alpha value is -2.83. The normalized spacial score (nSPS) is 13.5. The molecule has 7 heteroatoms. The number of benzene rings is 2. The number of hydrogen-bond donors (Lipinski definition) is 2. The lowest BCUT2D eigenvalue weighted by atomic mass is 10.1. The van der Waals surface area contributed by atoms with Gasteiger partial charge in [-0.1, -0.05) is 0 Å². The minimum atomic E-state index is -1.34. The molecule has 24 heavy (non-hydrogen) atoms. The highest BCUT2D eigenvalue weighted by Gasteiger charge is 2.23. The zero-order valence-electron chi connectivity index (χ0n) is 12.4. The van der Waals surface area contributed by atoms with Gasteiger partial charge in [0.15, 0.2) is 11.6 Å². The van der Waals surface area contributed by atoms with Crippen molar-refractivity contribution < 1.29 is 22.8 Å². The van der Waals surface area contributed by atoms with Crippen molar-refractivity contribution in [1.29, 1.82) is 0 Å². The van der Waals surface area contributed by atoms with Crippen molar-refractivity contribution in [1.82, 2.24) is 5.32 Å². The summed E-state index contributed by atoms with van der Waals surface area (Å²) in [5.74, 6) is -4.61. The summed E-state index contributed by atoms with van der Waals surface area (Å²) in [5.41, 5.74) is 0.0917. The Labute approximate surface area is 135 Å². The molecule has 0 aliphatic heterocycles. The van der Waals surface area contributed by atoms with E-state index in [2.05, 4.69) is 10.6 Å². The Kier molecular flexibility index (Phi) is 4.24. The van der Waals surface area contributed by atoms with E-state index in [0.29, 0.717) is 17.7 Å². The minimum Gasteiger partial charge on any atom is -0.349 e. The van der Waals surface area contributed by atoms with Gasteiger partial charge in [-0.05, 0) is 37.1 Å². The van der Waals surface area contributed by atoms with E-state index in [0.717, 1.165) is 12.8 Å². The number of carbonyl (C=O) groups excluding carboxylic acids is 2. The highest BCUT2D eigenvalue weighted by molar-refractivity contribution is 6.05. The Morgan fingerprint density at radius 2 is 1.38 bits per heavy atom. The fraction of sp³-hybridized carbons (Fsp3) is 0.176. The van der Waals surface area contributed by atoms with Crippen LogP contribution in [0.25, 0.3) is 0 Å². The van der Waals surface area contributed by atoms with Gasteiger partial charge in [0.25, 0.3) is 11.8 Å². The summed E-state index contributed by atoms with van der Waals surface area (Å²) in [5, 5.41) is 4.98. The van der Waals surface area contributed by atoms with Crippen molar-refractivity contribution in [3.63, 3.8) is 0 Å². The second-order valence-electron chi connectivity index (χ2n) is 5.53. The van der Waals surface area contributed by atoms with Crippen molar-refractivity contribution in [3.8, 4) is 0 Å². The lowest BCUT2D eigenvalue weighted by Crippen LogP contribution is -2.25. The van der Waals surface area contributed by atoms with Gasteiger partial charge in [-0.25, -0.2) is 13.2 Å². The average molecular weight is 334 g/mol. The SMILES string of the molecule is O=C(Nc1cc(F)c(F)cc1F)c1ccc(C(=O)NC2CC2)cc1. The van der Waals surface area contributed by atoms with Crippen LogP contribution in [0.4, 0.5) is 18.9 Å². The summed E-state index contributed by atoms with van der Waals surface area (Å²) in [4.78, 5) is 23.9. The first kappa shape index (κ1) is 16.0. The molecule has 0 aromatic heterocycles. The highest BCUT2D eigenvalue weighted by atomic mass is 19.2. The van der Waals surface area contributed by atoms with Crippen LogP contribution in [0.2, 0.25) is 0 Å². The molecule has 3 rings (SSSR count). The first-order valence-corrected chi connectivity index (χ1v) is 7.31. The Balaban J connectivity index is 1.71. The molecular formula is C17H13F3N2O2. The molecule has 0 atom stereocenters. The van der Waals surface area contributed by atoms with Gasteiger partial charge in [-0.2, -0.15) is 0 Å². The highest BCUT2D eigenvalue weighted by Crippen LogP contribution is 2.20. The molecule has 4 nitrogen and oxygen atoms in total. The molecular weight excluding hydrogens is 321 g/mol. The van der Waals surface area contributed by atoms with Gasteiger partial charge in [0, 0.05) is 29.3 Å². The first-order chi connectivity index (χ1) is 11.4. The van der Waals surface area contributed by atoms with Gasteiger partial charge >= 0.3 is 0 Å². The third-order valence-corrected chi connectivity index (χ3v) is 3.58. The van der Waals surface area contributed by atoms with E-state index in [1.54, 1.807) is 0 Å². The van der Waals surface area contributed by atoms with Crippen LogP contribution in [0.3, 0.4) is 0 Å². The van der Waals surface area contributed by atoms with Gasteiger partial charge < -0.3 is 10.6 Å². The molecule has 124 valence electrons. The summed E-state index contributed by atoms with van der Waals surface area (Å²) < 4.78 is 39.5. The second-order valence-corrected chi connectivity index (χ2v) is 5.53. The number of rotatable bonds is 4. The molecule has 0 heterocycles. The summed E-state index contributed by atoms with van der Waals surface area (Å²) in [6.45, 7) is 0. The van der Waals surface area contributed by atoms with Crippen molar-refractivity contribution in [3.05, 3.63) is 65.0 Å². The zero-order valence-corrected chi connectivity index (χ0v) is 12.4. The molecule has 0 radical (unpaired) electrons. The molecule has 1 fully saturated rings. The van der Waals surface area contributed by atoms with Gasteiger partial charge in [-0.3, -0.25) is 9.59 Å². The van der Waals surface area contributed by atoms with Crippen LogP contribution in [0.15, 0.2) is 36.4 Å². The van der Waals surface area contributed by atoms with Crippen LogP contribution in [0.5, 0.6) is 0 Å². The van der Waals surface area contributed by atoms with Crippen molar-refractivity contribution in [2.24, 2.45) is 0 Å². The van der Waals surface area contributed by atoms with Gasteiger partial charge in [0.2, 0.25) is 0 Å². The largest absolute Gasteiger partial charge is 0.349 e. The number of carbonyl (C=O) groups is 2. The van der Waals surface area contributed by atoms with E-state index in [1.165, 1.54) is 24.3 Å². The number of halogens is 3. The maximum Gasteiger partial charge on any atom is 0.255 e. The van der Waals surface area contributed by atoms with Crippen LogP contribution in [-0.4, -0.2) is 17.9 Å². The third-order valence-electron chi connectivity index (χ3n) is 3.58. The average Bonchev–Trinajstić information content (AvgIpc) is 3.36. The van der Waals surface area contributed by atoms with E-state index in [4.69, 9.17) is 0 Å². The second kappa shape index (κ2) is 6.35. The number of amides is 2. The van der Waals surface area contributed by atoms with E-state index < -0.39 is 29.0 Å². The first-order valence-electron chi connectivity index (χ1n) is 7.31. The Morgan fingerprint density at radius 3 is 1.96 bits per heavy atom. The summed E-state index contributed by atoms with van der Waals surface area (Å²) in [6, 6.07) is 6.87. The van der Waals surface area contributed by atoms with Crippen molar-refractivity contribution in [2.75, 3.05) is 5.32 Å². The molecule has 2 aromatic carbocycles. The fourth-order valence-electron chi connectivity index (χ4n) is 2.08. The predicted molar refractivity (Wildman–Crippen MR) is 81.2 cm³/mol. The van der Waals surface area contributed by atoms with E-state index in [-0.39, 0.29) is 17.5 Å². The van der Waals surface area contributed by atoms with Crippen LogP contribution >= 0.6 is 0 Å². The van der Waals surface area contributed by atoms with Crippen molar-refractivity contribution in [2.45, 2.75) is 18.9 Å². The molecule has 1 aliphatic carbocycles. The summed E-state index contributed by atoms with van der Waals surface area (Å²) in [7, 11) is 0. The summed E-state index contributed by atoms with van der Waals surface area (Å²) in [6.07, 6.45) is 1.93. The molecule has 1 aliphatic rings. The molecule has 0 bridgehead atoms. The third kappa shape index (κ3) is 3.56. The smallest absolute Gasteiger partial charge is 0.255 e. The number of nitrogens with one attached hydrogen (secondary N) is 2. The molecule has 2 aromatic rings. The number of hydrogen-bond acceptors (Lipinski definition) is 2. The van der Waals surface area contributed by atoms with Gasteiger partial charge in [0.1, 0.15) is 5.82 Å². The van der Waals surface area contributed by atoms with Crippen LogP contribution in [0.1, 0.15) is 33.6 Å².